The lowest BCUT2D eigenvalue weighted by Gasteiger charge is -2.26. The van der Waals surface area contributed by atoms with E-state index in [2.05, 4.69) is 53.2 Å². The molecule has 0 aromatic heterocycles. The molecule has 1 aliphatic rings. The van der Waals surface area contributed by atoms with Crippen molar-refractivity contribution in [3.63, 3.8) is 0 Å². The predicted octanol–water partition coefficient (Wildman–Crippen LogP) is 2.22. The van der Waals surface area contributed by atoms with Gasteiger partial charge in [0.15, 0.2) is 0 Å². The van der Waals surface area contributed by atoms with Gasteiger partial charge >= 0.3 is 0 Å². The van der Waals surface area contributed by atoms with Crippen molar-refractivity contribution in [2.75, 3.05) is 65.6 Å². The first-order valence-electron chi connectivity index (χ1n) is 9.76. The molecule has 0 atom stereocenters. The number of rotatable bonds is 12. The summed E-state index contributed by atoms with van der Waals surface area (Å²) in [6.45, 7) is 15.4. The zero-order chi connectivity index (χ0) is 17.7. The molecule has 1 saturated heterocycles. The quantitative estimate of drug-likeness (QED) is 0.586. The Morgan fingerprint density at radius 3 is 2.52 bits per heavy atom. The summed E-state index contributed by atoms with van der Waals surface area (Å²) in [6, 6.07) is 8.47. The summed E-state index contributed by atoms with van der Waals surface area (Å²) in [5, 5.41) is 3.52. The molecule has 5 heteroatoms. The van der Waals surface area contributed by atoms with Crippen molar-refractivity contribution in [1.82, 2.24) is 15.1 Å². The monoisotopic (exact) mass is 349 g/mol. The lowest BCUT2D eigenvalue weighted by Crippen LogP contribution is -2.40. The third-order valence-electron chi connectivity index (χ3n) is 4.74. The summed E-state index contributed by atoms with van der Waals surface area (Å²) in [5.74, 6) is 0.969. The largest absolute Gasteiger partial charge is 0.494 e. The average molecular weight is 350 g/mol. The minimum absolute atomic E-state index is 0.785. The summed E-state index contributed by atoms with van der Waals surface area (Å²) in [6.07, 6.45) is 1.08. The van der Waals surface area contributed by atoms with Crippen LogP contribution < -0.4 is 10.1 Å². The molecule has 5 nitrogen and oxygen atoms in total. The zero-order valence-electron chi connectivity index (χ0n) is 16.0. The molecule has 0 saturated carbocycles. The number of nitrogens with zero attached hydrogens (tertiary/aromatic N) is 2. The molecule has 0 spiro atoms. The summed E-state index contributed by atoms with van der Waals surface area (Å²) in [4.78, 5) is 4.88. The Kier molecular flexibility index (Phi) is 9.89. The third kappa shape index (κ3) is 8.19. The van der Waals surface area contributed by atoms with Gasteiger partial charge in [0.05, 0.1) is 19.8 Å². The smallest absolute Gasteiger partial charge is 0.119 e. The molecule has 1 aliphatic heterocycles. The fourth-order valence-corrected chi connectivity index (χ4v) is 3.02. The van der Waals surface area contributed by atoms with Crippen LogP contribution in [0.4, 0.5) is 0 Å². The Morgan fingerprint density at radius 1 is 1.12 bits per heavy atom. The highest BCUT2D eigenvalue weighted by atomic mass is 16.5. The van der Waals surface area contributed by atoms with E-state index in [1.165, 1.54) is 5.56 Å². The Balaban J connectivity index is 1.56. The van der Waals surface area contributed by atoms with Gasteiger partial charge in [0.25, 0.3) is 0 Å². The van der Waals surface area contributed by atoms with Crippen LogP contribution in [0.25, 0.3) is 0 Å². The minimum Gasteiger partial charge on any atom is -0.494 e. The highest BCUT2D eigenvalue weighted by Crippen LogP contribution is 2.12. The van der Waals surface area contributed by atoms with Crippen LogP contribution in [0.2, 0.25) is 0 Å². The van der Waals surface area contributed by atoms with E-state index in [1.54, 1.807) is 0 Å². The van der Waals surface area contributed by atoms with Crippen LogP contribution in [-0.2, 0) is 11.3 Å². The van der Waals surface area contributed by atoms with E-state index in [0.29, 0.717) is 0 Å². The second-order valence-corrected chi connectivity index (χ2v) is 6.50. The maximum Gasteiger partial charge on any atom is 0.119 e. The van der Waals surface area contributed by atoms with Gasteiger partial charge in [-0.25, -0.2) is 0 Å². The number of nitrogens with one attached hydrogen (secondary N) is 1. The molecule has 1 aromatic rings. The standard InChI is InChI=1S/C20H35N3O2/c1-3-22(4-2)11-5-15-25-20-8-6-19(7-9-20)18-21-10-12-23-13-16-24-17-14-23/h6-9,21H,3-5,10-18H2,1-2H3. The van der Waals surface area contributed by atoms with Crippen molar-refractivity contribution in [2.45, 2.75) is 26.8 Å². The molecule has 0 bridgehead atoms. The summed E-state index contributed by atoms with van der Waals surface area (Å²) in [7, 11) is 0. The van der Waals surface area contributed by atoms with Gasteiger partial charge in [0.2, 0.25) is 0 Å². The van der Waals surface area contributed by atoms with Gasteiger partial charge in [-0.05, 0) is 37.2 Å². The molecule has 1 N–H and O–H groups in total. The van der Waals surface area contributed by atoms with Gasteiger partial charge in [-0.1, -0.05) is 26.0 Å². The Hall–Kier alpha value is -1.14. The second-order valence-electron chi connectivity index (χ2n) is 6.50. The summed E-state index contributed by atoms with van der Waals surface area (Å²) >= 11 is 0. The van der Waals surface area contributed by atoms with E-state index in [-0.39, 0.29) is 0 Å². The Bertz CT molecular complexity index is 443. The van der Waals surface area contributed by atoms with Crippen molar-refractivity contribution in [3.05, 3.63) is 29.8 Å². The minimum atomic E-state index is 0.785. The number of morpholine rings is 1. The van der Waals surface area contributed by atoms with E-state index >= 15 is 0 Å². The fraction of sp³-hybridized carbons (Fsp3) is 0.700. The molecule has 0 radical (unpaired) electrons. The molecule has 0 amide bonds. The van der Waals surface area contributed by atoms with E-state index in [1.807, 2.05) is 0 Å². The molecule has 1 fully saturated rings. The van der Waals surface area contributed by atoms with Crippen molar-refractivity contribution in [2.24, 2.45) is 0 Å². The van der Waals surface area contributed by atoms with Gasteiger partial charge in [-0.15, -0.1) is 0 Å². The summed E-state index contributed by atoms with van der Waals surface area (Å²) in [5.41, 5.74) is 1.30. The topological polar surface area (TPSA) is 37.0 Å². The average Bonchev–Trinajstić information content (AvgIpc) is 2.67. The van der Waals surface area contributed by atoms with Gasteiger partial charge in [0, 0.05) is 39.3 Å². The lowest BCUT2D eigenvalue weighted by atomic mass is 10.2. The van der Waals surface area contributed by atoms with Crippen LogP contribution in [0.5, 0.6) is 5.75 Å². The van der Waals surface area contributed by atoms with Gasteiger partial charge in [-0.2, -0.15) is 0 Å². The van der Waals surface area contributed by atoms with Crippen molar-refractivity contribution >= 4 is 0 Å². The zero-order valence-corrected chi connectivity index (χ0v) is 16.0. The molecule has 2 rings (SSSR count). The second kappa shape index (κ2) is 12.3. The fourth-order valence-electron chi connectivity index (χ4n) is 3.02. The molecule has 1 heterocycles. The Labute approximate surface area is 153 Å². The van der Waals surface area contributed by atoms with Crippen LogP contribution in [0.3, 0.4) is 0 Å². The number of benzene rings is 1. The Morgan fingerprint density at radius 2 is 1.84 bits per heavy atom. The highest BCUT2D eigenvalue weighted by Gasteiger charge is 2.08. The van der Waals surface area contributed by atoms with E-state index in [9.17, 15) is 0 Å². The van der Waals surface area contributed by atoms with Gasteiger partial charge < -0.3 is 19.7 Å². The molecule has 142 valence electrons. The van der Waals surface area contributed by atoms with Gasteiger partial charge in [0.1, 0.15) is 5.75 Å². The highest BCUT2D eigenvalue weighted by molar-refractivity contribution is 5.27. The molecule has 0 aliphatic carbocycles. The molecule has 25 heavy (non-hydrogen) atoms. The van der Waals surface area contributed by atoms with E-state index < -0.39 is 0 Å². The first-order chi connectivity index (χ1) is 12.3. The SMILES string of the molecule is CCN(CC)CCCOc1ccc(CNCCN2CCOCC2)cc1. The van der Waals surface area contributed by atoms with Crippen LogP contribution in [0, 0.1) is 0 Å². The van der Waals surface area contributed by atoms with E-state index in [0.717, 1.165) is 84.3 Å². The number of hydrogen-bond acceptors (Lipinski definition) is 5. The van der Waals surface area contributed by atoms with Crippen molar-refractivity contribution in [3.8, 4) is 5.75 Å². The number of hydrogen-bond donors (Lipinski definition) is 1. The van der Waals surface area contributed by atoms with Crippen molar-refractivity contribution in [1.29, 1.82) is 0 Å². The lowest BCUT2D eigenvalue weighted by molar-refractivity contribution is 0.0384. The first kappa shape index (κ1) is 20.2. The molecule has 0 unspecified atom stereocenters. The molecular formula is C20H35N3O2. The third-order valence-corrected chi connectivity index (χ3v) is 4.74. The predicted molar refractivity (Wildman–Crippen MR) is 103 cm³/mol. The normalized spacial score (nSPS) is 15.6. The van der Waals surface area contributed by atoms with Crippen LogP contribution >= 0.6 is 0 Å². The number of ether oxygens (including phenoxy) is 2. The molecular weight excluding hydrogens is 314 g/mol. The first-order valence-corrected chi connectivity index (χ1v) is 9.76. The van der Waals surface area contributed by atoms with Gasteiger partial charge in [-0.3, -0.25) is 4.90 Å². The van der Waals surface area contributed by atoms with Crippen LogP contribution in [-0.4, -0.2) is 75.4 Å². The van der Waals surface area contributed by atoms with E-state index in [4.69, 9.17) is 9.47 Å². The van der Waals surface area contributed by atoms with Crippen LogP contribution in [0.15, 0.2) is 24.3 Å². The maximum absolute atomic E-state index is 5.84. The maximum atomic E-state index is 5.84. The van der Waals surface area contributed by atoms with Crippen molar-refractivity contribution < 1.29 is 9.47 Å². The summed E-state index contributed by atoms with van der Waals surface area (Å²) < 4.78 is 11.2. The molecule has 1 aromatic carbocycles. The van der Waals surface area contributed by atoms with Crippen LogP contribution in [0.1, 0.15) is 25.8 Å².